The first-order valence-electron chi connectivity index (χ1n) is 7.68. The molecule has 1 amide bonds. The van der Waals surface area contributed by atoms with Gasteiger partial charge in [-0.2, -0.15) is 10.1 Å². The number of benzene rings is 1. The van der Waals surface area contributed by atoms with Gasteiger partial charge in [-0.3, -0.25) is 4.79 Å². The molecule has 0 saturated carbocycles. The van der Waals surface area contributed by atoms with Crippen LogP contribution in [0.5, 0.6) is 0 Å². The fourth-order valence-corrected chi connectivity index (χ4v) is 2.96. The molecule has 0 bridgehead atoms. The molecule has 1 aromatic carbocycles. The fourth-order valence-electron chi connectivity index (χ4n) is 2.79. The maximum Gasteiger partial charge on any atom is 0.282 e. The van der Waals surface area contributed by atoms with E-state index in [1.807, 2.05) is 32.2 Å². The molecule has 3 rings (SSSR count). The van der Waals surface area contributed by atoms with E-state index in [9.17, 15) is 4.79 Å². The lowest BCUT2D eigenvalue weighted by Crippen LogP contribution is -2.27. The van der Waals surface area contributed by atoms with Crippen LogP contribution < -0.4 is 5.01 Å². The van der Waals surface area contributed by atoms with Gasteiger partial charge in [-0.05, 0) is 50.8 Å². The molecule has 0 aromatic heterocycles. The molecule has 1 aromatic rings. The Hall–Kier alpha value is -1.81. The van der Waals surface area contributed by atoms with E-state index in [-0.39, 0.29) is 5.91 Å². The van der Waals surface area contributed by atoms with Crippen molar-refractivity contribution in [1.82, 2.24) is 4.90 Å². The number of rotatable bonds is 2. The van der Waals surface area contributed by atoms with E-state index in [1.165, 1.54) is 24.3 Å². The molecule has 116 valence electrons. The Bertz CT molecular complexity index is 660. The predicted octanol–water partition coefficient (Wildman–Crippen LogP) is 3.74. The summed E-state index contributed by atoms with van der Waals surface area (Å²) in [6, 6.07) is 5.57. The number of hydrogen-bond donors (Lipinski definition) is 0. The molecule has 0 N–H and O–H groups in total. The summed E-state index contributed by atoms with van der Waals surface area (Å²) in [5.41, 5.74) is 3.13. The second-order valence-corrected chi connectivity index (χ2v) is 6.28. The topological polar surface area (TPSA) is 35.9 Å². The summed E-state index contributed by atoms with van der Waals surface area (Å²) in [5.74, 6) is -0.0806. The number of anilines is 1. The fraction of sp³-hybridized carbons (Fsp3) is 0.412. The molecule has 0 spiro atoms. The molecule has 2 aliphatic rings. The number of carbonyl (C=O) groups excluding carboxylic acids is 1. The quantitative estimate of drug-likeness (QED) is 0.779. The van der Waals surface area contributed by atoms with Crippen LogP contribution in [-0.4, -0.2) is 29.6 Å². The van der Waals surface area contributed by atoms with E-state index < -0.39 is 0 Å². The van der Waals surface area contributed by atoms with Gasteiger partial charge in [0.05, 0.1) is 17.0 Å². The average molecular weight is 318 g/mol. The van der Waals surface area contributed by atoms with Crippen LogP contribution in [0.1, 0.15) is 31.7 Å². The largest absolute Gasteiger partial charge is 0.377 e. The van der Waals surface area contributed by atoms with E-state index in [0.717, 1.165) is 24.4 Å². The maximum absolute atomic E-state index is 12.7. The third-order valence-corrected chi connectivity index (χ3v) is 4.57. The van der Waals surface area contributed by atoms with Crippen LogP contribution in [0.15, 0.2) is 35.1 Å². The number of carbonyl (C=O) groups is 1. The van der Waals surface area contributed by atoms with E-state index >= 15 is 0 Å². The normalized spacial score (nSPS) is 20.8. The Balaban J connectivity index is 1.85. The first-order valence-corrected chi connectivity index (χ1v) is 8.06. The highest BCUT2D eigenvalue weighted by molar-refractivity contribution is 6.32. The van der Waals surface area contributed by atoms with Gasteiger partial charge in [-0.25, -0.2) is 0 Å². The van der Waals surface area contributed by atoms with Crippen LogP contribution in [0.4, 0.5) is 5.69 Å². The predicted molar refractivity (Wildman–Crippen MR) is 90.3 cm³/mol. The molecule has 2 aliphatic heterocycles. The van der Waals surface area contributed by atoms with Crippen LogP contribution in [0.2, 0.25) is 5.02 Å². The molecule has 0 aliphatic carbocycles. The molecular formula is C17H20ClN3O. The Morgan fingerprint density at radius 2 is 1.91 bits per heavy atom. The number of hydrogen-bond acceptors (Lipinski definition) is 3. The first-order chi connectivity index (χ1) is 10.6. The number of hydrazone groups is 1. The second kappa shape index (κ2) is 6.13. The standard InChI is InChI=1S/C17H20ClN3O/c1-12-6-7-14(10-16(12)18)21-17(22)15(13(2)19-21)11-20-8-4-3-5-9-20/h6-7,10-11H,3-5,8-9H2,1-2H3/b15-11-. The Morgan fingerprint density at radius 3 is 2.59 bits per heavy atom. The van der Waals surface area contributed by atoms with Crippen molar-refractivity contribution in [3.05, 3.63) is 40.6 Å². The van der Waals surface area contributed by atoms with Gasteiger partial charge in [-0.1, -0.05) is 17.7 Å². The second-order valence-electron chi connectivity index (χ2n) is 5.88. The van der Waals surface area contributed by atoms with Gasteiger partial charge in [0.1, 0.15) is 0 Å². The summed E-state index contributed by atoms with van der Waals surface area (Å²) in [6.07, 6.45) is 5.61. The minimum Gasteiger partial charge on any atom is -0.377 e. The third kappa shape index (κ3) is 2.88. The highest BCUT2D eigenvalue weighted by Crippen LogP contribution is 2.28. The highest BCUT2D eigenvalue weighted by Gasteiger charge is 2.29. The van der Waals surface area contributed by atoms with E-state index in [1.54, 1.807) is 6.07 Å². The maximum atomic E-state index is 12.7. The number of aryl methyl sites for hydroxylation is 1. The Morgan fingerprint density at radius 1 is 1.18 bits per heavy atom. The molecule has 22 heavy (non-hydrogen) atoms. The third-order valence-electron chi connectivity index (χ3n) is 4.16. The van der Waals surface area contributed by atoms with E-state index in [4.69, 9.17) is 11.6 Å². The monoisotopic (exact) mass is 317 g/mol. The number of piperidine rings is 1. The van der Waals surface area contributed by atoms with Gasteiger partial charge in [0.2, 0.25) is 0 Å². The number of nitrogens with zero attached hydrogens (tertiary/aromatic N) is 3. The minimum absolute atomic E-state index is 0.0806. The summed E-state index contributed by atoms with van der Waals surface area (Å²) >= 11 is 6.16. The van der Waals surface area contributed by atoms with Gasteiger partial charge in [0.25, 0.3) is 5.91 Å². The summed E-state index contributed by atoms with van der Waals surface area (Å²) in [6.45, 7) is 5.85. The smallest absolute Gasteiger partial charge is 0.282 e. The van der Waals surface area contributed by atoms with Crippen molar-refractivity contribution in [2.75, 3.05) is 18.1 Å². The van der Waals surface area contributed by atoms with Crippen molar-refractivity contribution in [1.29, 1.82) is 0 Å². The first kappa shape index (κ1) is 15.1. The van der Waals surface area contributed by atoms with Gasteiger partial charge < -0.3 is 4.90 Å². The number of halogens is 1. The van der Waals surface area contributed by atoms with Crippen LogP contribution >= 0.6 is 11.6 Å². The molecule has 4 nitrogen and oxygen atoms in total. The zero-order valence-electron chi connectivity index (χ0n) is 13.0. The van der Waals surface area contributed by atoms with Crippen LogP contribution in [-0.2, 0) is 4.79 Å². The SMILES string of the molecule is CC1=NN(c2ccc(C)c(Cl)c2)C(=O)/C1=C\N1CCCCC1. The van der Waals surface area contributed by atoms with E-state index in [0.29, 0.717) is 16.3 Å². The van der Waals surface area contributed by atoms with Gasteiger partial charge in [0, 0.05) is 24.3 Å². The lowest BCUT2D eigenvalue weighted by Gasteiger charge is -2.25. The Labute approximate surface area is 136 Å². The zero-order valence-corrected chi connectivity index (χ0v) is 13.7. The van der Waals surface area contributed by atoms with Crippen LogP contribution in [0, 0.1) is 6.92 Å². The average Bonchev–Trinajstić information content (AvgIpc) is 2.79. The van der Waals surface area contributed by atoms with Crippen molar-refractivity contribution in [2.24, 2.45) is 5.10 Å². The Kier molecular flexibility index (Phi) is 4.21. The molecule has 1 saturated heterocycles. The zero-order chi connectivity index (χ0) is 15.7. The highest BCUT2D eigenvalue weighted by atomic mass is 35.5. The summed E-state index contributed by atoms with van der Waals surface area (Å²) in [5, 5.41) is 6.49. The van der Waals surface area contributed by atoms with Crippen molar-refractivity contribution >= 4 is 28.9 Å². The van der Waals surface area contributed by atoms with Gasteiger partial charge >= 0.3 is 0 Å². The summed E-state index contributed by atoms with van der Waals surface area (Å²) in [7, 11) is 0. The molecule has 5 heteroatoms. The van der Waals surface area contributed by atoms with Gasteiger partial charge in [0.15, 0.2) is 0 Å². The molecular weight excluding hydrogens is 298 g/mol. The van der Waals surface area contributed by atoms with Crippen LogP contribution in [0.3, 0.4) is 0 Å². The lowest BCUT2D eigenvalue weighted by atomic mass is 10.1. The number of amides is 1. The van der Waals surface area contributed by atoms with Crippen LogP contribution in [0.25, 0.3) is 0 Å². The van der Waals surface area contributed by atoms with Crippen molar-refractivity contribution in [3.8, 4) is 0 Å². The molecule has 2 heterocycles. The minimum atomic E-state index is -0.0806. The van der Waals surface area contributed by atoms with Crippen molar-refractivity contribution < 1.29 is 4.79 Å². The van der Waals surface area contributed by atoms with Gasteiger partial charge in [-0.15, -0.1) is 0 Å². The molecule has 0 radical (unpaired) electrons. The number of likely N-dealkylation sites (tertiary alicyclic amines) is 1. The van der Waals surface area contributed by atoms with E-state index in [2.05, 4.69) is 10.0 Å². The molecule has 0 atom stereocenters. The lowest BCUT2D eigenvalue weighted by molar-refractivity contribution is -0.114. The molecule has 0 unspecified atom stereocenters. The van der Waals surface area contributed by atoms with Crippen molar-refractivity contribution in [2.45, 2.75) is 33.1 Å². The molecule has 1 fully saturated rings. The summed E-state index contributed by atoms with van der Waals surface area (Å²) < 4.78 is 0. The van der Waals surface area contributed by atoms with Crippen molar-refractivity contribution in [3.63, 3.8) is 0 Å². The summed E-state index contributed by atoms with van der Waals surface area (Å²) in [4.78, 5) is 14.9.